The number of aromatic nitrogens is 2. The van der Waals surface area contributed by atoms with E-state index in [2.05, 4.69) is 9.97 Å². The fourth-order valence-electron chi connectivity index (χ4n) is 2.34. The van der Waals surface area contributed by atoms with E-state index >= 15 is 0 Å². The first-order valence-electron chi connectivity index (χ1n) is 6.66. The minimum atomic E-state index is -0.358. The van der Waals surface area contributed by atoms with Gasteiger partial charge in [0.05, 0.1) is 23.7 Å². The lowest BCUT2D eigenvalue weighted by atomic mass is 10.2. The second-order valence-electron chi connectivity index (χ2n) is 4.84. The van der Waals surface area contributed by atoms with Crippen molar-refractivity contribution in [2.75, 3.05) is 19.7 Å². The van der Waals surface area contributed by atoms with Crippen LogP contribution in [-0.2, 0) is 4.74 Å². The smallest absolute Gasteiger partial charge is 0.264 e. The van der Waals surface area contributed by atoms with Crippen molar-refractivity contribution in [3.05, 3.63) is 50.3 Å². The summed E-state index contributed by atoms with van der Waals surface area (Å²) in [6.07, 6.45) is -0.358. The van der Waals surface area contributed by atoms with E-state index in [4.69, 9.17) is 4.74 Å². The van der Waals surface area contributed by atoms with E-state index in [1.54, 1.807) is 11.8 Å². The summed E-state index contributed by atoms with van der Waals surface area (Å²) in [6, 6.07) is 5.10. The van der Waals surface area contributed by atoms with Gasteiger partial charge in [-0.3, -0.25) is 9.59 Å². The summed E-state index contributed by atoms with van der Waals surface area (Å²) in [6.45, 7) is 3.12. The molecule has 2 aromatic rings. The van der Waals surface area contributed by atoms with Crippen molar-refractivity contribution in [1.82, 2.24) is 14.9 Å². The molecule has 0 saturated carbocycles. The molecule has 2 aromatic heterocycles. The summed E-state index contributed by atoms with van der Waals surface area (Å²) in [4.78, 5) is 33.3. The van der Waals surface area contributed by atoms with E-state index < -0.39 is 0 Å². The van der Waals surface area contributed by atoms with Crippen molar-refractivity contribution in [2.45, 2.75) is 13.0 Å². The minimum Gasteiger partial charge on any atom is -0.368 e. The topological polar surface area (TPSA) is 75.3 Å². The quantitative estimate of drug-likeness (QED) is 0.909. The van der Waals surface area contributed by atoms with Gasteiger partial charge in [-0.05, 0) is 18.4 Å². The number of ether oxygens (including phenoxy) is 1. The molecule has 0 bridgehead atoms. The van der Waals surface area contributed by atoms with E-state index in [-0.39, 0.29) is 17.6 Å². The number of aromatic amines is 1. The van der Waals surface area contributed by atoms with Crippen LogP contribution in [0.15, 0.2) is 28.4 Å². The van der Waals surface area contributed by atoms with Gasteiger partial charge in [0.1, 0.15) is 11.9 Å². The average molecular weight is 305 g/mol. The lowest BCUT2D eigenvalue weighted by Crippen LogP contribution is -2.42. The number of amides is 1. The standard InChI is InChI=1S/C14H15N3O3S/c1-9-15-10(7-13(18)16-9)11-8-17(4-5-20-11)14(19)12-3-2-6-21-12/h2-3,6-7,11H,4-5,8H2,1H3,(H,15,16,18)/t11-/m1/s1. The molecular weight excluding hydrogens is 290 g/mol. The van der Waals surface area contributed by atoms with Crippen molar-refractivity contribution in [1.29, 1.82) is 0 Å². The highest BCUT2D eigenvalue weighted by atomic mass is 32.1. The predicted molar refractivity (Wildman–Crippen MR) is 78.5 cm³/mol. The maximum atomic E-state index is 12.4. The molecule has 110 valence electrons. The molecule has 0 spiro atoms. The van der Waals surface area contributed by atoms with Crippen LogP contribution in [0.4, 0.5) is 0 Å². The van der Waals surface area contributed by atoms with Crippen LogP contribution in [0, 0.1) is 6.92 Å². The van der Waals surface area contributed by atoms with E-state index in [0.717, 1.165) is 0 Å². The molecule has 3 rings (SSSR count). The normalized spacial score (nSPS) is 18.7. The molecule has 21 heavy (non-hydrogen) atoms. The molecule has 0 radical (unpaired) electrons. The Kier molecular flexibility index (Phi) is 3.85. The highest BCUT2D eigenvalue weighted by Gasteiger charge is 2.27. The Labute approximate surface area is 125 Å². The van der Waals surface area contributed by atoms with Crippen LogP contribution in [0.2, 0.25) is 0 Å². The van der Waals surface area contributed by atoms with Crippen LogP contribution in [0.1, 0.15) is 27.3 Å². The van der Waals surface area contributed by atoms with Crippen molar-refractivity contribution in [3.63, 3.8) is 0 Å². The Hall–Kier alpha value is -1.99. The maximum Gasteiger partial charge on any atom is 0.264 e. The average Bonchev–Trinajstić information content (AvgIpc) is 3.00. The second-order valence-corrected chi connectivity index (χ2v) is 5.79. The Bertz CT molecular complexity index is 696. The number of H-pyrrole nitrogens is 1. The first-order valence-corrected chi connectivity index (χ1v) is 7.53. The van der Waals surface area contributed by atoms with Gasteiger partial charge < -0.3 is 14.6 Å². The third-order valence-corrected chi connectivity index (χ3v) is 4.15. The summed E-state index contributed by atoms with van der Waals surface area (Å²) < 4.78 is 5.67. The fraction of sp³-hybridized carbons (Fsp3) is 0.357. The summed E-state index contributed by atoms with van der Waals surface area (Å²) in [7, 11) is 0. The van der Waals surface area contributed by atoms with Crippen molar-refractivity contribution in [2.24, 2.45) is 0 Å². The largest absolute Gasteiger partial charge is 0.368 e. The molecule has 1 amide bonds. The monoisotopic (exact) mass is 305 g/mol. The van der Waals surface area contributed by atoms with Gasteiger partial charge in [0, 0.05) is 12.6 Å². The SMILES string of the molecule is Cc1nc([C@H]2CN(C(=O)c3cccs3)CCO2)cc(=O)[nH]1. The van der Waals surface area contributed by atoms with Gasteiger partial charge in [-0.25, -0.2) is 4.98 Å². The van der Waals surface area contributed by atoms with Crippen LogP contribution >= 0.6 is 11.3 Å². The van der Waals surface area contributed by atoms with E-state index in [1.807, 2.05) is 17.5 Å². The third-order valence-electron chi connectivity index (χ3n) is 3.30. The molecule has 1 aliphatic heterocycles. The Morgan fingerprint density at radius 3 is 3.14 bits per heavy atom. The van der Waals surface area contributed by atoms with Crippen LogP contribution in [0.3, 0.4) is 0 Å². The molecule has 0 aliphatic carbocycles. The van der Waals surface area contributed by atoms with E-state index in [1.165, 1.54) is 17.4 Å². The van der Waals surface area contributed by atoms with Gasteiger partial charge in [-0.1, -0.05) is 6.07 Å². The summed E-state index contributed by atoms with van der Waals surface area (Å²) in [5, 5.41) is 1.88. The molecule has 6 nitrogen and oxygen atoms in total. The van der Waals surface area contributed by atoms with E-state index in [9.17, 15) is 9.59 Å². The molecule has 7 heteroatoms. The molecule has 1 atom stereocenters. The highest BCUT2D eigenvalue weighted by Crippen LogP contribution is 2.22. The molecular formula is C14H15N3O3S. The number of thiophene rings is 1. The number of nitrogens with one attached hydrogen (secondary N) is 1. The van der Waals surface area contributed by atoms with Crippen molar-refractivity contribution < 1.29 is 9.53 Å². The van der Waals surface area contributed by atoms with Gasteiger partial charge in [0.25, 0.3) is 11.5 Å². The Balaban J connectivity index is 1.79. The lowest BCUT2D eigenvalue weighted by Gasteiger charge is -2.32. The van der Waals surface area contributed by atoms with E-state index in [0.29, 0.717) is 36.1 Å². The molecule has 1 aliphatic rings. The number of hydrogen-bond acceptors (Lipinski definition) is 5. The van der Waals surface area contributed by atoms with Gasteiger partial charge in [-0.2, -0.15) is 0 Å². The first kappa shape index (κ1) is 14.0. The number of hydrogen-bond donors (Lipinski definition) is 1. The Morgan fingerprint density at radius 2 is 2.43 bits per heavy atom. The number of nitrogens with zero attached hydrogens (tertiary/aromatic N) is 2. The van der Waals surface area contributed by atoms with Crippen LogP contribution in [-0.4, -0.2) is 40.5 Å². The molecule has 1 saturated heterocycles. The van der Waals surface area contributed by atoms with Gasteiger partial charge in [-0.15, -0.1) is 11.3 Å². The number of morpholine rings is 1. The third kappa shape index (κ3) is 3.03. The number of aryl methyl sites for hydroxylation is 1. The molecule has 0 aromatic carbocycles. The zero-order chi connectivity index (χ0) is 14.8. The predicted octanol–water partition coefficient (Wildman–Crippen LogP) is 1.35. The van der Waals surface area contributed by atoms with Crippen molar-refractivity contribution in [3.8, 4) is 0 Å². The molecule has 1 N–H and O–H groups in total. The lowest BCUT2D eigenvalue weighted by molar-refractivity contribution is -0.0247. The summed E-state index contributed by atoms with van der Waals surface area (Å²) in [5.41, 5.74) is 0.364. The zero-order valence-corrected chi connectivity index (χ0v) is 12.4. The highest BCUT2D eigenvalue weighted by molar-refractivity contribution is 7.12. The molecule has 0 unspecified atom stereocenters. The van der Waals surface area contributed by atoms with Crippen LogP contribution in [0.25, 0.3) is 0 Å². The van der Waals surface area contributed by atoms with Crippen LogP contribution < -0.4 is 5.56 Å². The summed E-state index contributed by atoms with van der Waals surface area (Å²) >= 11 is 1.42. The fourth-order valence-corrected chi connectivity index (χ4v) is 3.03. The Morgan fingerprint density at radius 1 is 1.57 bits per heavy atom. The summed E-state index contributed by atoms with van der Waals surface area (Å²) in [5.74, 6) is 0.544. The molecule has 3 heterocycles. The first-order chi connectivity index (χ1) is 10.1. The van der Waals surface area contributed by atoms with Gasteiger partial charge in [0.2, 0.25) is 0 Å². The number of carbonyl (C=O) groups is 1. The van der Waals surface area contributed by atoms with Gasteiger partial charge >= 0.3 is 0 Å². The maximum absolute atomic E-state index is 12.4. The number of carbonyl (C=O) groups excluding carboxylic acids is 1. The minimum absolute atomic E-state index is 0.000127. The zero-order valence-electron chi connectivity index (χ0n) is 11.5. The molecule has 1 fully saturated rings. The second kappa shape index (κ2) is 5.79. The van der Waals surface area contributed by atoms with Gasteiger partial charge in [0.15, 0.2) is 0 Å². The number of rotatable bonds is 2. The van der Waals surface area contributed by atoms with Crippen molar-refractivity contribution >= 4 is 17.2 Å². The van der Waals surface area contributed by atoms with Crippen LogP contribution in [0.5, 0.6) is 0 Å².